The van der Waals surface area contributed by atoms with Gasteiger partial charge in [-0.05, 0) is 25.1 Å². The van der Waals surface area contributed by atoms with Crippen LogP contribution in [0.25, 0.3) is 10.2 Å². The lowest BCUT2D eigenvalue weighted by atomic mass is 10.3. The molecule has 0 spiro atoms. The molecule has 0 amide bonds. The van der Waals surface area contributed by atoms with Crippen molar-refractivity contribution in [2.24, 2.45) is 0 Å². The second-order valence-electron chi connectivity index (χ2n) is 4.19. The Bertz CT molecular complexity index is 705. The van der Waals surface area contributed by atoms with Crippen molar-refractivity contribution in [2.75, 3.05) is 11.9 Å². The Balaban J connectivity index is 1.65. The molecule has 19 heavy (non-hydrogen) atoms. The first-order valence-electron chi connectivity index (χ1n) is 5.92. The van der Waals surface area contributed by atoms with Crippen LogP contribution in [0.1, 0.15) is 10.7 Å². The molecule has 3 nitrogen and oxygen atoms in total. The van der Waals surface area contributed by atoms with Crippen LogP contribution in [0.2, 0.25) is 0 Å². The molecule has 2 heterocycles. The van der Waals surface area contributed by atoms with Crippen LogP contribution in [-0.4, -0.2) is 16.5 Å². The molecule has 0 unspecified atom stereocenters. The maximum absolute atomic E-state index is 4.57. The third-order valence-corrected chi connectivity index (χ3v) is 5.15. The van der Waals surface area contributed by atoms with Gasteiger partial charge in [0.1, 0.15) is 0 Å². The first-order chi connectivity index (χ1) is 9.20. The Morgan fingerprint density at radius 2 is 2.21 bits per heavy atom. The minimum Gasteiger partial charge on any atom is -0.361 e. The summed E-state index contributed by atoms with van der Waals surface area (Å²) in [5, 5.41) is 7.61. The van der Waals surface area contributed by atoms with E-state index in [4.69, 9.17) is 0 Å². The molecular weight excluding hydrogens is 342 g/mol. The first-order valence-corrected chi connectivity index (χ1v) is 8.40. The fourth-order valence-electron chi connectivity index (χ4n) is 1.77. The Labute approximate surface area is 127 Å². The highest BCUT2D eigenvalue weighted by atomic mass is 79.9. The number of hydrogen-bond acceptors (Lipinski definition) is 5. The summed E-state index contributed by atoms with van der Waals surface area (Å²) in [6, 6.07) is 6.18. The van der Waals surface area contributed by atoms with E-state index in [1.54, 1.807) is 22.7 Å². The lowest BCUT2D eigenvalue weighted by molar-refractivity contribution is 0.985. The number of hydrogen-bond donors (Lipinski definition) is 1. The average molecular weight is 354 g/mol. The van der Waals surface area contributed by atoms with E-state index in [0.29, 0.717) is 0 Å². The van der Waals surface area contributed by atoms with Crippen LogP contribution in [-0.2, 0) is 6.42 Å². The van der Waals surface area contributed by atoms with E-state index in [1.165, 1.54) is 9.71 Å². The van der Waals surface area contributed by atoms with Crippen LogP contribution in [0.15, 0.2) is 28.1 Å². The van der Waals surface area contributed by atoms with Crippen LogP contribution in [0.3, 0.4) is 0 Å². The van der Waals surface area contributed by atoms with E-state index in [2.05, 4.69) is 42.7 Å². The van der Waals surface area contributed by atoms with E-state index in [0.717, 1.165) is 33.8 Å². The summed E-state index contributed by atoms with van der Waals surface area (Å²) >= 11 is 6.87. The highest BCUT2D eigenvalue weighted by Crippen LogP contribution is 2.28. The van der Waals surface area contributed by atoms with Gasteiger partial charge < -0.3 is 5.32 Å². The van der Waals surface area contributed by atoms with E-state index in [1.807, 2.05) is 19.1 Å². The zero-order valence-corrected chi connectivity index (χ0v) is 13.5. The molecule has 3 rings (SSSR count). The number of rotatable bonds is 4. The van der Waals surface area contributed by atoms with Crippen molar-refractivity contribution in [1.29, 1.82) is 0 Å². The SMILES string of the molecule is Cc1csc(CCNc2nc3cc(Br)ccc3s2)n1. The Kier molecular flexibility index (Phi) is 3.81. The third kappa shape index (κ3) is 3.13. The molecule has 0 aliphatic rings. The molecule has 2 aromatic heterocycles. The molecule has 3 aromatic rings. The Morgan fingerprint density at radius 1 is 1.32 bits per heavy atom. The van der Waals surface area contributed by atoms with E-state index in [9.17, 15) is 0 Å². The van der Waals surface area contributed by atoms with Crippen molar-refractivity contribution in [3.8, 4) is 0 Å². The minimum atomic E-state index is 0.869. The number of benzene rings is 1. The fourth-order valence-corrected chi connectivity index (χ4v) is 3.77. The summed E-state index contributed by atoms with van der Waals surface area (Å²) in [4.78, 5) is 9.02. The van der Waals surface area contributed by atoms with Crippen LogP contribution >= 0.6 is 38.6 Å². The number of aryl methyl sites for hydroxylation is 1. The van der Waals surface area contributed by atoms with Crippen molar-refractivity contribution in [3.63, 3.8) is 0 Å². The maximum atomic E-state index is 4.57. The normalized spacial score (nSPS) is 11.1. The lowest BCUT2D eigenvalue weighted by Gasteiger charge is -1.99. The molecule has 0 aliphatic heterocycles. The smallest absolute Gasteiger partial charge is 0.183 e. The number of halogens is 1. The number of nitrogens with zero attached hydrogens (tertiary/aromatic N) is 2. The molecule has 6 heteroatoms. The quantitative estimate of drug-likeness (QED) is 0.751. The molecular formula is C13H12BrN3S2. The second-order valence-corrected chi connectivity index (χ2v) is 7.08. The van der Waals surface area contributed by atoms with Crippen molar-refractivity contribution >= 4 is 54.0 Å². The molecule has 98 valence electrons. The van der Waals surface area contributed by atoms with Gasteiger partial charge in [0.25, 0.3) is 0 Å². The molecule has 0 radical (unpaired) electrons. The number of fused-ring (bicyclic) bond motifs is 1. The predicted molar refractivity (Wildman–Crippen MR) is 86.4 cm³/mol. The monoisotopic (exact) mass is 353 g/mol. The van der Waals surface area contributed by atoms with Crippen molar-refractivity contribution in [2.45, 2.75) is 13.3 Å². The van der Waals surface area contributed by atoms with E-state index < -0.39 is 0 Å². The van der Waals surface area contributed by atoms with Crippen LogP contribution in [0.4, 0.5) is 5.13 Å². The highest BCUT2D eigenvalue weighted by molar-refractivity contribution is 9.10. The number of thiazole rings is 2. The molecule has 1 aromatic carbocycles. The van der Waals surface area contributed by atoms with Gasteiger partial charge in [-0.15, -0.1) is 11.3 Å². The first kappa shape index (κ1) is 13.0. The summed E-state index contributed by atoms with van der Waals surface area (Å²) in [6.45, 7) is 2.90. The minimum absolute atomic E-state index is 0.869. The van der Waals surface area contributed by atoms with Gasteiger partial charge in [0.15, 0.2) is 5.13 Å². The molecule has 0 saturated heterocycles. The van der Waals surface area contributed by atoms with Gasteiger partial charge in [0, 0.05) is 28.5 Å². The van der Waals surface area contributed by atoms with Crippen molar-refractivity contribution < 1.29 is 0 Å². The van der Waals surface area contributed by atoms with Crippen LogP contribution < -0.4 is 5.32 Å². The van der Waals surface area contributed by atoms with Gasteiger partial charge in [-0.3, -0.25) is 0 Å². The highest BCUT2D eigenvalue weighted by Gasteiger charge is 2.04. The standard InChI is InChI=1S/C13H12BrN3S2/c1-8-7-18-12(16-8)4-5-15-13-17-10-6-9(14)2-3-11(10)19-13/h2-3,6-7H,4-5H2,1H3,(H,15,17). The summed E-state index contributed by atoms with van der Waals surface area (Å²) in [5.41, 5.74) is 2.14. The lowest BCUT2D eigenvalue weighted by Crippen LogP contribution is -2.04. The number of anilines is 1. The summed E-state index contributed by atoms with van der Waals surface area (Å²) < 4.78 is 2.27. The van der Waals surface area contributed by atoms with E-state index >= 15 is 0 Å². The summed E-state index contributed by atoms with van der Waals surface area (Å²) in [6.07, 6.45) is 0.943. The maximum Gasteiger partial charge on any atom is 0.183 e. The van der Waals surface area contributed by atoms with Gasteiger partial charge in [-0.1, -0.05) is 27.3 Å². The topological polar surface area (TPSA) is 37.8 Å². The summed E-state index contributed by atoms with van der Waals surface area (Å²) in [7, 11) is 0. The third-order valence-electron chi connectivity index (χ3n) is 2.63. The zero-order valence-electron chi connectivity index (χ0n) is 10.3. The van der Waals surface area contributed by atoms with Crippen molar-refractivity contribution in [3.05, 3.63) is 38.8 Å². The summed E-state index contributed by atoms with van der Waals surface area (Å²) in [5.74, 6) is 0. The van der Waals surface area contributed by atoms with Crippen LogP contribution in [0, 0.1) is 6.92 Å². The van der Waals surface area contributed by atoms with E-state index in [-0.39, 0.29) is 0 Å². The molecule has 0 atom stereocenters. The van der Waals surface area contributed by atoms with Gasteiger partial charge in [-0.2, -0.15) is 0 Å². The van der Waals surface area contributed by atoms with Gasteiger partial charge in [0.05, 0.1) is 15.2 Å². The van der Waals surface area contributed by atoms with Crippen LogP contribution in [0.5, 0.6) is 0 Å². The fraction of sp³-hybridized carbons (Fsp3) is 0.231. The van der Waals surface area contributed by atoms with Gasteiger partial charge in [-0.25, -0.2) is 9.97 Å². The molecule has 1 N–H and O–H groups in total. The number of aromatic nitrogens is 2. The van der Waals surface area contributed by atoms with Crippen molar-refractivity contribution in [1.82, 2.24) is 9.97 Å². The average Bonchev–Trinajstić information content (AvgIpc) is 2.95. The predicted octanol–water partition coefficient (Wildman–Crippen LogP) is 4.48. The number of nitrogens with one attached hydrogen (secondary N) is 1. The largest absolute Gasteiger partial charge is 0.361 e. The zero-order chi connectivity index (χ0) is 13.2. The molecule has 0 bridgehead atoms. The Morgan fingerprint density at radius 3 is 3.00 bits per heavy atom. The molecule has 0 aliphatic carbocycles. The van der Waals surface area contributed by atoms with Gasteiger partial charge in [0.2, 0.25) is 0 Å². The second kappa shape index (κ2) is 5.56. The Hall–Kier alpha value is -0.980. The molecule has 0 fully saturated rings. The van der Waals surface area contributed by atoms with Gasteiger partial charge >= 0.3 is 0 Å². The molecule has 0 saturated carbocycles.